The summed E-state index contributed by atoms with van der Waals surface area (Å²) >= 11 is 6.06. The second kappa shape index (κ2) is 7.20. The molecular formula is C15H20ClN3O. The lowest BCUT2D eigenvalue weighted by atomic mass is 9.95. The number of aliphatic imine (C=N–C) groups is 1. The fourth-order valence-electron chi connectivity index (χ4n) is 2.18. The molecule has 0 saturated carbocycles. The van der Waals surface area contributed by atoms with Crippen molar-refractivity contribution in [3.8, 4) is 5.75 Å². The predicted octanol–water partition coefficient (Wildman–Crippen LogP) is 3.43. The highest BCUT2D eigenvalue weighted by molar-refractivity contribution is 6.32. The van der Waals surface area contributed by atoms with E-state index in [4.69, 9.17) is 22.1 Å². The third-order valence-electron chi connectivity index (χ3n) is 3.32. The van der Waals surface area contributed by atoms with Gasteiger partial charge in [-0.3, -0.25) is 4.99 Å². The molecule has 0 amide bonds. The number of nitrogens with two attached hydrogens (primary N) is 1. The Morgan fingerprint density at radius 2 is 2.35 bits per heavy atom. The highest BCUT2D eigenvalue weighted by atomic mass is 35.5. The molecule has 0 aliphatic heterocycles. The van der Waals surface area contributed by atoms with Crippen LogP contribution in [0.4, 0.5) is 5.69 Å². The van der Waals surface area contributed by atoms with Gasteiger partial charge in [-0.25, -0.2) is 0 Å². The number of ether oxygens (including phenoxy) is 1. The summed E-state index contributed by atoms with van der Waals surface area (Å²) in [4.78, 5) is 4.39. The first kappa shape index (κ1) is 14.7. The summed E-state index contributed by atoms with van der Waals surface area (Å²) in [6.07, 6.45) is 7.85. The molecule has 4 nitrogen and oxygen atoms in total. The molecule has 20 heavy (non-hydrogen) atoms. The van der Waals surface area contributed by atoms with Crippen LogP contribution in [0.25, 0.3) is 0 Å². The quantitative estimate of drug-likeness (QED) is 0.508. The fourth-order valence-corrected chi connectivity index (χ4v) is 2.44. The summed E-state index contributed by atoms with van der Waals surface area (Å²) in [5.41, 5.74) is 6.70. The molecule has 0 spiro atoms. The van der Waals surface area contributed by atoms with E-state index in [0.717, 1.165) is 25.1 Å². The number of hydrogen-bond acceptors (Lipinski definition) is 2. The van der Waals surface area contributed by atoms with Gasteiger partial charge in [0.1, 0.15) is 5.75 Å². The maximum Gasteiger partial charge on any atom is 0.193 e. The van der Waals surface area contributed by atoms with Crippen LogP contribution in [-0.4, -0.2) is 19.6 Å². The highest BCUT2D eigenvalue weighted by Gasteiger charge is 2.09. The third kappa shape index (κ3) is 4.17. The summed E-state index contributed by atoms with van der Waals surface area (Å²) in [6.45, 7) is 0.757. The number of nitrogens with zero attached hydrogens (tertiary/aromatic N) is 1. The van der Waals surface area contributed by atoms with Gasteiger partial charge in [0.05, 0.1) is 12.1 Å². The van der Waals surface area contributed by atoms with Crippen molar-refractivity contribution in [3.63, 3.8) is 0 Å². The van der Waals surface area contributed by atoms with E-state index in [0.29, 0.717) is 22.6 Å². The number of hydrogen-bond donors (Lipinski definition) is 2. The zero-order chi connectivity index (χ0) is 14.4. The number of allylic oxidation sites excluding steroid dienone is 2. The monoisotopic (exact) mass is 293 g/mol. The molecule has 108 valence electrons. The van der Waals surface area contributed by atoms with Crippen LogP contribution in [0.1, 0.15) is 19.3 Å². The Labute approximate surface area is 124 Å². The van der Waals surface area contributed by atoms with Crippen LogP contribution in [0, 0.1) is 5.92 Å². The van der Waals surface area contributed by atoms with Gasteiger partial charge < -0.3 is 15.8 Å². The van der Waals surface area contributed by atoms with Gasteiger partial charge in [0, 0.05) is 12.2 Å². The second-order valence-electron chi connectivity index (χ2n) is 4.85. The molecule has 0 bridgehead atoms. The van der Waals surface area contributed by atoms with Crippen LogP contribution in [-0.2, 0) is 0 Å². The molecule has 5 heteroatoms. The average molecular weight is 294 g/mol. The van der Waals surface area contributed by atoms with E-state index >= 15 is 0 Å². The third-order valence-corrected chi connectivity index (χ3v) is 3.62. The summed E-state index contributed by atoms with van der Waals surface area (Å²) < 4.78 is 5.10. The summed E-state index contributed by atoms with van der Waals surface area (Å²) in [5, 5.41) is 3.59. The maximum atomic E-state index is 6.06. The minimum Gasteiger partial charge on any atom is -0.495 e. The van der Waals surface area contributed by atoms with Gasteiger partial charge in [-0.1, -0.05) is 23.8 Å². The van der Waals surface area contributed by atoms with Gasteiger partial charge in [0.2, 0.25) is 0 Å². The van der Waals surface area contributed by atoms with E-state index in [2.05, 4.69) is 22.5 Å². The van der Waals surface area contributed by atoms with Crippen molar-refractivity contribution < 1.29 is 4.74 Å². The predicted molar refractivity (Wildman–Crippen MR) is 84.6 cm³/mol. The van der Waals surface area contributed by atoms with Crippen molar-refractivity contribution in [2.75, 3.05) is 19.0 Å². The molecule has 0 fully saturated rings. The molecule has 3 N–H and O–H groups in total. The molecule has 0 heterocycles. The second-order valence-corrected chi connectivity index (χ2v) is 5.26. The number of guanidine groups is 1. The fraction of sp³-hybridized carbons (Fsp3) is 0.400. The highest BCUT2D eigenvalue weighted by Crippen LogP contribution is 2.27. The van der Waals surface area contributed by atoms with E-state index in [1.54, 1.807) is 19.2 Å². The minimum absolute atomic E-state index is 0.417. The van der Waals surface area contributed by atoms with Gasteiger partial charge >= 0.3 is 0 Å². The summed E-state index contributed by atoms with van der Waals surface area (Å²) in [6, 6.07) is 5.42. The Morgan fingerprint density at radius 1 is 1.50 bits per heavy atom. The Balaban J connectivity index is 1.91. The number of benzene rings is 1. The lowest BCUT2D eigenvalue weighted by molar-refractivity contribution is 0.415. The standard InChI is InChI=1S/C15H20ClN3O/c1-20-14-8-7-12(9-13(14)16)19-15(17)18-10-11-5-3-2-4-6-11/h2-3,7-9,11H,4-6,10H2,1H3,(H3,17,18,19). The van der Waals surface area contributed by atoms with Gasteiger partial charge in [-0.15, -0.1) is 0 Å². The topological polar surface area (TPSA) is 59.6 Å². The van der Waals surface area contributed by atoms with Crippen molar-refractivity contribution in [1.82, 2.24) is 0 Å². The van der Waals surface area contributed by atoms with Crippen molar-refractivity contribution in [2.24, 2.45) is 16.6 Å². The van der Waals surface area contributed by atoms with Crippen LogP contribution in [0.5, 0.6) is 5.75 Å². The minimum atomic E-state index is 0.417. The van der Waals surface area contributed by atoms with Crippen LogP contribution in [0.3, 0.4) is 0 Å². The van der Waals surface area contributed by atoms with Gasteiger partial charge in [-0.2, -0.15) is 0 Å². The smallest absolute Gasteiger partial charge is 0.193 e. The van der Waals surface area contributed by atoms with E-state index in [1.165, 1.54) is 6.42 Å². The first-order chi connectivity index (χ1) is 9.69. The first-order valence-electron chi connectivity index (χ1n) is 6.74. The first-order valence-corrected chi connectivity index (χ1v) is 7.12. The number of methoxy groups -OCH3 is 1. The van der Waals surface area contributed by atoms with E-state index in [9.17, 15) is 0 Å². The van der Waals surface area contributed by atoms with Gasteiger partial charge in [0.25, 0.3) is 0 Å². The largest absolute Gasteiger partial charge is 0.495 e. The van der Waals surface area contributed by atoms with E-state index in [-0.39, 0.29) is 0 Å². The maximum absolute atomic E-state index is 6.06. The Hall–Kier alpha value is -1.68. The Morgan fingerprint density at radius 3 is 3.00 bits per heavy atom. The van der Waals surface area contributed by atoms with Gasteiger partial charge in [-0.05, 0) is 43.4 Å². The Kier molecular flexibility index (Phi) is 5.30. The van der Waals surface area contributed by atoms with Gasteiger partial charge in [0.15, 0.2) is 5.96 Å². The summed E-state index contributed by atoms with van der Waals surface area (Å²) in [5.74, 6) is 1.65. The molecule has 2 rings (SSSR count). The van der Waals surface area contributed by atoms with Crippen molar-refractivity contribution in [2.45, 2.75) is 19.3 Å². The normalized spacial score (nSPS) is 18.9. The lowest BCUT2D eigenvalue weighted by Crippen LogP contribution is -2.24. The SMILES string of the molecule is COc1ccc(NC(N)=NCC2CC=CCC2)cc1Cl. The van der Waals surface area contributed by atoms with Crippen molar-refractivity contribution in [3.05, 3.63) is 35.4 Å². The zero-order valence-electron chi connectivity index (χ0n) is 11.6. The molecule has 1 unspecified atom stereocenters. The van der Waals surface area contributed by atoms with Crippen LogP contribution < -0.4 is 15.8 Å². The van der Waals surface area contributed by atoms with Crippen LogP contribution >= 0.6 is 11.6 Å². The molecule has 0 saturated heterocycles. The zero-order valence-corrected chi connectivity index (χ0v) is 12.4. The molecule has 1 atom stereocenters. The molecule has 1 aliphatic rings. The molecular weight excluding hydrogens is 274 g/mol. The molecule has 0 aromatic heterocycles. The lowest BCUT2D eigenvalue weighted by Gasteiger charge is -2.15. The number of rotatable bonds is 4. The van der Waals surface area contributed by atoms with Crippen LogP contribution in [0.15, 0.2) is 35.3 Å². The van der Waals surface area contributed by atoms with Crippen LogP contribution in [0.2, 0.25) is 5.02 Å². The molecule has 1 aromatic rings. The number of nitrogens with one attached hydrogen (secondary N) is 1. The van der Waals surface area contributed by atoms with Crippen molar-refractivity contribution in [1.29, 1.82) is 0 Å². The summed E-state index contributed by atoms with van der Waals surface area (Å²) in [7, 11) is 1.59. The van der Waals surface area contributed by atoms with E-state index in [1.807, 2.05) is 6.07 Å². The van der Waals surface area contributed by atoms with Crippen molar-refractivity contribution >= 4 is 23.2 Å². The molecule has 1 aliphatic carbocycles. The number of halogens is 1. The molecule has 1 aromatic carbocycles. The Bertz CT molecular complexity index is 514. The van der Waals surface area contributed by atoms with E-state index < -0.39 is 0 Å². The molecule has 0 radical (unpaired) electrons. The number of anilines is 1. The average Bonchev–Trinajstić information content (AvgIpc) is 2.46.